The minimum Gasteiger partial charge on any atom is -0.346 e. The van der Waals surface area contributed by atoms with Crippen LogP contribution in [0.1, 0.15) is 5.56 Å². The van der Waals surface area contributed by atoms with Crippen molar-refractivity contribution in [3.8, 4) is 0 Å². The average molecular weight is 512 g/mol. The highest BCUT2D eigenvalue weighted by Gasteiger charge is 2.28. The van der Waals surface area contributed by atoms with E-state index in [1.165, 1.54) is 0 Å². The lowest BCUT2D eigenvalue weighted by atomic mass is 10.2. The standard InChI is InChI=1S/C18H15BrF5N3S2/c19-11-3-1-10(2-4-11)9-26-5-7-27(8-6-26)18(28)25-16-12(20)14(22)17(29-24)15(23)13(16)21/h1-4H,5-9H2,(H,25,28). The maximum Gasteiger partial charge on any atom is 0.186 e. The zero-order chi connectivity index (χ0) is 21.1. The van der Waals surface area contributed by atoms with E-state index in [1.54, 1.807) is 4.90 Å². The number of nitrogens with zero attached hydrogens (tertiary/aromatic N) is 2. The first-order valence-electron chi connectivity index (χ1n) is 8.49. The summed E-state index contributed by atoms with van der Waals surface area (Å²) in [7, 11) is 0. The SMILES string of the molecule is FSc1c(F)c(F)c(NC(=S)N2CCN(Cc3ccc(Br)cc3)CC2)c(F)c1F. The van der Waals surface area contributed by atoms with Gasteiger partial charge >= 0.3 is 0 Å². The van der Waals surface area contributed by atoms with Gasteiger partial charge in [0.1, 0.15) is 10.6 Å². The summed E-state index contributed by atoms with van der Waals surface area (Å²) in [4.78, 5) is 2.48. The van der Waals surface area contributed by atoms with Crippen LogP contribution in [-0.2, 0) is 6.54 Å². The van der Waals surface area contributed by atoms with Crippen LogP contribution in [0.3, 0.4) is 0 Å². The minimum absolute atomic E-state index is 0.0643. The number of nitrogens with one attached hydrogen (secondary N) is 1. The Balaban J connectivity index is 1.62. The summed E-state index contributed by atoms with van der Waals surface area (Å²) in [5.74, 6) is -7.05. The Morgan fingerprint density at radius 3 is 2.03 bits per heavy atom. The van der Waals surface area contributed by atoms with Gasteiger partial charge in [0.05, 0.1) is 12.1 Å². The van der Waals surface area contributed by atoms with E-state index < -0.39 is 46.0 Å². The Bertz CT molecular complexity index is 876. The number of thiocarbonyl (C=S) groups is 1. The third-order valence-electron chi connectivity index (χ3n) is 4.51. The van der Waals surface area contributed by atoms with Gasteiger partial charge in [0.15, 0.2) is 28.4 Å². The number of anilines is 1. The molecule has 2 aromatic rings. The zero-order valence-electron chi connectivity index (χ0n) is 14.8. The fourth-order valence-electron chi connectivity index (χ4n) is 2.93. The first kappa shape index (κ1) is 22.3. The summed E-state index contributed by atoms with van der Waals surface area (Å²) >= 11 is 7.62. The Morgan fingerprint density at radius 1 is 0.966 bits per heavy atom. The van der Waals surface area contributed by atoms with Crippen molar-refractivity contribution in [3.63, 3.8) is 0 Å². The van der Waals surface area contributed by atoms with Crippen LogP contribution in [0.2, 0.25) is 0 Å². The Kier molecular flexibility index (Phi) is 7.36. The van der Waals surface area contributed by atoms with Gasteiger partial charge in [-0.05, 0) is 29.9 Å². The lowest BCUT2D eigenvalue weighted by Gasteiger charge is -2.36. The molecule has 1 N–H and O–H groups in total. The molecule has 0 atom stereocenters. The van der Waals surface area contributed by atoms with Crippen LogP contribution in [0.5, 0.6) is 0 Å². The molecule has 0 amide bonds. The molecule has 0 spiro atoms. The molecule has 0 unspecified atom stereocenters. The van der Waals surface area contributed by atoms with E-state index in [-0.39, 0.29) is 5.11 Å². The van der Waals surface area contributed by atoms with E-state index >= 15 is 0 Å². The molecule has 1 saturated heterocycles. The van der Waals surface area contributed by atoms with Crippen LogP contribution >= 0.6 is 40.3 Å². The molecule has 3 nitrogen and oxygen atoms in total. The summed E-state index contributed by atoms with van der Waals surface area (Å²) < 4.78 is 69.1. The molecule has 0 saturated carbocycles. The normalized spacial score (nSPS) is 14.9. The molecule has 1 heterocycles. The molecule has 0 aromatic heterocycles. The molecular weight excluding hydrogens is 497 g/mol. The topological polar surface area (TPSA) is 18.5 Å². The van der Waals surface area contributed by atoms with Crippen LogP contribution < -0.4 is 5.32 Å². The van der Waals surface area contributed by atoms with Crippen molar-refractivity contribution in [2.75, 3.05) is 31.5 Å². The monoisotopic (exact) mass is 511 g/mol. The van der Waals surface area contributed by atoms with Gasteiger partial charge in [-0.2, -0.15) is 3.89 Å². The van der Waals surface area contributed by atoms with Gasteiger partial charge in [0.2, 0.25) is 0 Å². The second kappa shape index (κ2) is 9.59. The summed E-state index contributed by atoms with van der Waals surface area (Å²) in [6.45, 7) is 2.96. The van der Waals surface area contributed by atoms with Crippen molar-refractivity contribution < 1.29 is 21.4 Å². The van der Waals surface area contributed by atoms with Crippen LogP contribution in [-0.4, -0.2) is 41.1 Å². The highest BCUT2D eigenvalue weighted by Crippen LogP contribution is 2.34. The number of hydrogen-bond acceptors (Lipinski definition) is 3. The zero-order valence-corrected chi connectivity index (χ0v) is 18.0. The summed E-state index contributed by atoms with van der Waals surface area (Å²) in [6, 6.07) is 7.94. The fourth-order valence-corrected chi connectivity index (χ4v) is 3.80. The van der Waals surface area contributed by atoms with Gasteiger partial charge in [-0.15, -0.1) is 0 Å². The lowest BCUT2D eigenvalue weighted by molar-refractivity contribution is 0.177. The summed E-state index contributed by atoms with van der Waals surface area (Å²) in [6.07, 6.45) is 0. The predicted molar refractivity (Wildman–Crippen MR) is 110 cm³/mol. The molecular formula is C18H15BrF5N3S2. The molecule has 29 heavy (non-hydrogen) atoms. The quantitative estimate of drug-likeness (QED) is 0.331. The smallest absolute Gasteiger partial charge is 0.186 e. The molecule has 156 valence electrons. The number of piperazine rings is 1. The largest absolute Gasteiger partial charge is 0.346 e. The minimum atomic E-state index is -1.80. The lowest BCUT2D eigenvalue weighted by Crippen LogP contribution is -2.49. The molecule has 11 heteroatoms. The van der Waals surface area contributed by atoms with Crippen molar-refractivity contribution in [3.05, 3.63) is 57.6 Å². The third kappa shape index (κ3) is 5.01. The van der Waals surface area contributed by atoms with Crippen molar-refractivity contribution in [2.24, 2.45) is 0 Å². The van der Waals surface area contributed by atoms with E-state index in [9.17, 15) is 21.4 Å². The van der Waals surface area contributed by atoms with Crippen LogP contribution in [0.15, 0.2) is 33.6 Å². The Hall–Kier alpha value is -1.43. The van der Waals surface area contributed by atoms with Gasteiger partial charge in [0, 0.05) is 37.2 Å². The van der Waals surface area contributed by atoms with Gasteiger partial charge in [-0.3, -0.25) is 4.90 Å². The van der Waals surface area contributed by atoms with Crippen LogP contribution in [0.4, 0.5) is 27.1 Å². The number of hydrogen-bond donors (Lipinski definition) is 1. The van der Waals surface area contributed by atoms with Crippen molar-refractivity contribution >= 4 is 51.1 Å². The number of rotatable bonds is 4. The van der Waals surface area contributed by atoms with Gasteiger partial charge in [-0.25, -0.2) is 17.6 Å². The maximum absolute atomic E-state index is 14.0. The highest BCUT2D eigenvalue weighted by molar-refractivity contribution is 9.10. The van der Waals surface area contributed by atoms with Gasteiger partial charge < -0.3 is 10.2 Å². The second-order valence-corrected chi connectivity index (χ2v) is 8.22. The maximum atomic E-state index is 14.0. The van der Waals surface area contributed by atoms with E-state index in [1.807, 2.05) is 24.3 Å². The fraction of sp³-hybridized carbons (Fsp3) is 0.278. The summed E-state index contributed by atoms with van der Waals surface area (Å²) in [5.41, 5.74) is 0.0726. The molecule has 0 radical (unpaired) electrons. The van der Waals surface area contributed by atoms with Crippen molar-refractivity contribution in [2.45, 2.75) is 11.4 Å². The van der Waals surface area contributed by atoms with E-state index in [4.69, 9.17) is 12.2 Å². The van der Waals surface area contributed by atoms with E-state index in [2.05, 4.69) is 26.1 Å². The van der Waals surface area contributed by atoms with E-state index in [0.29, 0.717) is 26.2 Å². The first-order chi connectivity index (χ1) is 13.8. The molecule has 1 aliphatic heterocycles. The molecule has 0 bridgehead atoms. The van der Waals surface area contributed by atoms with Gasteiger partial charge in [0.25, 0.3) is 0 Å². The molecule has 0 aliphatic carbocycles. The molecule has 3 rings (SSSR count). The Morgan fingerprint density at radius 2 is 1.52 bits per heavy atom. The molecule has 1 fully saturated rings. The van der Waals surface area contributed by atoms with Crippen LogP contribution in [0, 0.1) is 23.3 Å². The van der Waals surface area contributed by atoms with Crippen molar-refractivity contribution in [1.29, 1.82) is 0 Å². The number of halogens is 6. The molecule has 1 aliphatic rings. The molecule has 2 aromatic carbocycles. The highest BCUT2D eigenvalue weighted by atomic mass is 79.9. The van der Waals surface area contributed by atoms with E-state index in [0.717, 1.165) is 16.6 Å². The number of benzene rings is 2. The average Bonchev–Trinajstić information content (AvgIpc) is 2.72. The predicted octanol–water partition coefficient (Wildman–Crippen LogP) is 5.50. The van der Waals surface area contributed by atoms with Crippen LogP contribution in [0.25, 0.3) is 0 Å². The first-order valence-corrected chi connectivity index (χ1v) is 10.4. The second-order valence-electron chi connectivity index (χ2n) is 6.36. The Labute approximate surface area is 182 Å². The van der Waals surface area contributed by atoms with Crippen molar-refractivity contribution in [1.82, 2.24) is 9.80 Å². The van der Waals surface area contributed by atoms with Gasteiger partial charge in [-0.1, -0.05) is 28.1 Å². The summed E-state index contributed by atoms with van der Waals surface area (Å²) in [5, 5.41) is 2.16. The third-order valence-corrected chi connectivity index (χ3v) is 5.91.